The summed E-state index contributed by atoms with van der Waals surface area (Å²) in [4.78, 5) is 50.6. The van der Waals surface area contributed by atoms with Crippen LogP contribution in [0.15, 0.2) is 36.4 Å². The van der Waals surface area contributed by atoms with Gasteiger partial charge in [0.05, 0.1) is 31.0 Å². The molecule has 1 atom stereocenters. The zero-order valence-electron chi connectivity index (χ0n) is 17.6. The average molecular weight is 426 g/mol. The quantitative estimate of drug-likeness (QED) is 0.534. The van der Waals surface area contributed by atoms with Crippen molar-refractivity contribution in [2.45, 2.75) is 19.9 Å². The minimum absolute atomic E-state index is 0.236. The number of hydrogen-bond acceptors (Lipinski definition) is 7. The first-order valence-corrected chi connectivity index (χ1v) is 9.44. The van der Waals surface area contributed by atoms with E-state index in [0.717, 1.165) is 10.5 Å². The number of esters is 1. The molecule has 0 bridgehead atoms. The van der Waals surface area contributed by atoms with Crippen LogP contribution in [0.2, 0.25) is 0 Å². The van der Waals surface area contributed by atoms with Crippen LogP contribution in [0.25, 0.3) is 0 Å². The highest BCUT2D eigenvalue weighted by Crippen LogP contribution is 2.29. The molecule has 0 spiro atoms. The van der Waals surface area contributed by atoms with E-state index in [-0.39, 0.29) is 11.1 Å². The first-order chi connectivity index (χ1) is 14.8. The van der Waals surface area contributed by atoms with E-state index in [1.165, 1.54) is 21.1 Å². The third kappa shape index (κ3) is 4.35. The van der Waals surface area contributed by atoms with Gasteiger partial charge in [-0.25, -0.2) is 4.79 Å². The lowest BCUT2D eigenvalue weighted by Gasteiger charge is -2.20. The van der Waals surface area contributed by atoms with Crippen molar-refractivity contribution < 1.29 is 33.4 Å². The Bertz CT molecular complexity index is 1060. The lowest BCUT2D eigenvalue weighted by atomic mass is 10.1. The SMILES string of the molecule is COc1ccc(NC(=O)COC(=O)C(C)N2C(=O)c3ccc(C)cc3C2=O)c(OC)c1. The molecule has 0 radical (unpaired) electrons. The van der Waals surface area contributed by atoms with Gasteiger partial charge in [0.2, 0.25) is 0 Å². The van der Waals surface area contributed by atoms with Gasteiger partial charge in [-0.05, 0) is 38.1 Å². The lowest BCUT2D eigenvalue weighted by molar-refractivity contribution is -0.150. The smallest absolute Gasteiger partial charge is 0.329 e. The molecule has 9 nitrogen and oxygen atoms in total. The Morgan fingerprint density at radius 1 is 1.00 bits per heavy atom. The number of imide groups is 1. The van der Waals surface area contributed by atoms with Crippen molar-refractivity contribution in [1.82, 2.24) is 4.90 Å². The molecule has 9 heteroatoms. The molecule has 3 rings (SSSR count). The van der Waals surface area contributed by atoms with Crippen molar-refractivity contribution in [2.75, 3.05) is 26.1 Å². The number of benzene rings is 2. The molecule has 31 heavy (non-hydrogen) atoms. The number of hydrogen-bond donors (Lipinski definition) is 1. The van der Waals surface area contributed by atoms with Crippen LogP contribution in [0.4, 0.5) is 5.69 Å². The van der Waals surface area contributed by atoms with E-state index in [2.05, 4.69) is 5.32 Å². The summed E-state index contributed by atoms with van der Waals surface area (Å²) >= 11 is 0. The number of amides is 3. The van der Waals surface area contributed by atoms with Gasteiger partial charge in [0.25, 0.3) is 17.7 Å². The van der Waals surface area contributed by atoms with E-state index in [1.807, 2.05) is 0 Å². The van der Waals surface area contributed by atoms with Crippen LogP contribution in [-0.2, 0) is 14.3 Å². The molecular weight excluding hydrogens is 404 g/mol. The van der Waals surface area contributed by atoms with E-state index in [1.54, 1.807) is 43.3 Å². The second kappa shape index (κ2) is 8.86. The predicted molar refractivity (Wildman–Crippen MR) is 110 cm³/mol. The van der Waals surface area contributed by atoms with Gasteiger partial charge in [0, 0.05) is 6.07 Å². The van der Waals surface area contributed by atoms with Gasteiger partial charge < -0.3 is 19.5 Å². The van der Waals surface area contributed by atoms with Crippen LogP contribution in [0.1, 0.15) is 33.2 Å². The standard InChI is InChI=1S/C22H22N2O7/c1-12-5-7-15-16(9-12)21(27)24(20(15)26)13(2)22(28)31-11-19(25)23-17-8-6-14(29-3)10-18(17)30-4/h5-10,13H,11H2,1-4H3,(H,23,25). The number of carbonyl (C=O) groups is 4. The minimum Gasteiger partial charge on any atom is -0.497 e. The molecule has 1 unspecified atom stereocenters. The number of rotatable bonds is 7. The van der Waals surface area contributed by atoms with Gasteiger partial charge in [-0.3, -0.25) is 19.3 Å². The third-order valence-corrected chi connectivity index (χ3v) is 4.83. The van der Waals surface area contributed by atoms with Crippen molar-refractivity contribution in [1.29, 1.82) is 0 Å². The van der Waals surface area contributed by atoms with E-state index in [4.69, 9.17) is 14.2 Å². The summed E-state index contributed by atoms with van der Waals surface area (Å²) in [5, 5.41) is 2.57. The summed E-state index contributed by atoms with van der Waals surface area (Å²) in [7, 11) is 2.94. The Morgan fingerprint density at radius 2 is 1.71 bits per heavy atom. The molecule has 2 aromatic carbocycles. The fraction of sp³-hybridized carbons (Fsp3) is 0.273. The van der Waals surface area contributed by atoms with Gasteiger partial charge >= 0.3 is 5.97 Å². The largest absolute Gasteiger partial charge is 0.497 e. The molecule has 0 fully saturated rings. The molecule has 1 N–H and O–H groups in total. The highest BCUT2D eigenvalue weighted by atomic mass is 16.5. The van der Waals surface area contributed by atoms with Gasteiger partial charge in [0.15, 0.2) is 6.61 Å². The number of fused-ring (bicyclic) bond motifs is 1. The van der Waals surface area contributed by atoms with Gasteiger partial charge in [-0.2, -0.15) is 0 Å². The van der Waals surface area contributed by atoms with Crippen LogP contribution < -0.4 is 14.8 Å². The summed E-state index contributed by atoms with van der Waals surface area (Å²) in [6, 6.07) is 8.50. The second-order valence-electron chi connectivity index (χ2n) is 6.93. The van der Waals surface area contributed by atoms with Crippen molar-refractivity contribution in [2.24, 2.45) is 0 Å². The topological polar surface area (TPSA) is 111 Å². The third-order valence-electron chi connectivity index (χ3n) is 4.83. The summed E-state index contributed by atoms with van der Waals surface area (Å²) < 4.78 is 15.3. The van der Waals surface area contributed by atoms with E-state index in [9.17, 15) is 19.2 Å². The number of anilines is 1. The first-order valence-electron chi connectivity index (χ1n) is 9.44. The molecular formula is C22H22N2O7. The second-order valence-corrected chi connectivity index (χ2v) is 6.93. The summed E-state index contributed by atoms with van der Waals surface area (Å²) in [6.07, 6.45) is 0. The number of nitrogens with zero attached hydrogens (tertiary/aromatic N) is 1. The fourth-order valence-corrected chi connectivity index (χ4v) is 3.18. The van der Waals surface area contributed by atoms with E-state index >= 15 is 0 Å². The zero-order valence-corrected chi connectivity index (χ0v) is 17.6. The maximum absolute atomic E-state index is 12.6. The summed E-state index contributed by atoms with van der Waals surface area (Å²) in [5.74, 6) is -1.71. The zero-order chi connectivity index (χ0) is 22.7. The maximum Gasteiger partial charge on any atom is 0.329 e. The van der Waals surface area contributed by atoms with E-state index in [0.29, 0.717) is 17.2 Å². The molecule has 1 aliphatic heterocycles. The fourth-order valence-electron chi connectivity index (χ4n) is 3.18. The average Bonchev–Trinajstić information content (AvgIpc) is 3.01. The van der Waals surface area contributed by atoms with Crippen molar-refractivity contribution in [3.8, 4) is 11.5 Å². The van der Waals surface area contributed by atoms with Crippen LogP contribution in [0, 0.1) is 6.92 Å². The van der Waals surface area contributed by atoms with Crippen LogP contribution >= 0.6 is 0 Å². The van der Waals surface area contributed by atoms with E-state index < -0.39 is 36.3 Å². The van der Waals surface area contributed by atoms with Gasteiger partial charge in [0.1, 0.15) is 17.5 Å². The van der Waals surface area contributed by atoms with Gasteiger partial charge in [-0.15, -0.1) is 0 Å². The van der Waals surface area contributed by atoms with Gasteiger partial charge in [-0.1, -0.05) is 11.6 Å². The number of carbonyl (C=O) groups excluding carboxylic acids is 4. The predicted octanol–water partition coefficient (Wildman–Crippen LogP) is 2.18. The number of ether oxygens (including phenoxy) is 3. The molecule has 0 saturated carbocycles. The Kier molecular flexibility index (Phi) is 6.24. The van der Waals surface area contributed by atoms with Crippen molar-refractivity contribution in [3.05, 3.63) is 53.1 Å². The first kappa shape index (κ1) is 21.8. The summed E-state index contributed by atoms with van der Waals surface area (Å²) in [5.41, 5.74) is 1.67. The highest BCUT2D eigenvalue weighted by molar-refractivity contribution is 6.22. The molecule has 1 aliphatic rings. The monoisotopic (exact) mass is 426 g/mol. The molecule has 162 valence electrons. The molecule has 0 aliphatic carbocycles. The van der Waals surface area contributed by atoms with Crippen molar-refractivity contribution in [3.63, 3.8) is 0 Å². The maximum atomic E-state index is 12.6. The molecule has 0 saturated heterocycles. The Labute approximate surface area is 178 Å². The Balaban J connectivity index is 1.61. The normalized spacial score (nSPS) is 13.5. The Morgan fingerprint density at radius 3 is 2.39 bits per heavy atom. The molecule has 1 heterocycles. The minimum atomic E-state index is -1.18. The van der Waals surface area contributed by atoms with Crippen LogP contribution in [0.3, 0.4) is 0 Å². The number of aryl methyl sites for hydroxylation is 1. The molecule has 2 aromatic rings. The number of nitrogens with one attached hydrogen (secondary N) is 1. The van der Waals surface area contributed by atoms with Crippen LogP contribution in [-0.4, -0.2) is 55.5 Å². The lowest BCUT2D eigenvalue weighted by Crippen LogP contribution is -2.44. The van der Waals surface area contributed by atoms with Crippen LogP contribution in [0.5, 0.6) is 11.5 Å². The Hall–Kier alpha value is -3.88. The number of methoxy groups -OCH3 is 2. The molecule has 3 amide bonds. The highest BCUT2D eigenvalue weighted by Gasteiger charge is 2.41. The van der Waals surface area contributed by atoms with Crippen molar-refractivity contribution >= 4 is 29.4 Å². The molecule has 0 aromatic heterocycles. The summed E-state index contributed by atoms with van der Waals surface area (Å²) in [6.45, 7) is 2.58.